The smallest absolute Gasteiger partial charge is 0.264 e. The standard InChI is InChI=1S/C6H11ClN2O4S/c7-2-1-3-14(11,12)9-5-4-13-8-6(5)10/h5,9H,1-4H2,(H,8,10)/t5-/m1/s1. The van der Waals surface area contributed by atoms with Crippen LogP contribution in [0.25, 0.3) is 0 Å². The van der Waals surface area contributed by atoms with Crippen LogP contribution in [0.5, 0.6) is 0 Å². The molecule has 82 valence electrons. The van der Waals surface area contributed by atoms with Gasteiger partial charge in [0.15, 0.2) is 0 Å². The molecule has 0 bridgehead atoms. The second kappa shape index (κ2) is 4.92. The molecule has 1 aliphatic rings. The van der Waals surface area contributed by atoms with Crippen molar-refractivity contribution in [3.63, 3.8) is 0 Å². The molecule has 1 amide bonds. The van der Waals surface area contributed by atoms with Crippen LogP contribution in [0.15, 0.2) is 0 Å². The molecule has 0 aromatic rings. The molecule has 0 spiro atoms. The highest BCUT2D eigenvalue weighted by Gasteiger charge is 2.29. The Morgan fingerprint density at radius 3 is 2.86 bits per heavy atom. The SMILES string of the molecule is O=C1NOC[C@H]1NS(=O)(=O)CCCCl. The van der Waals surface area contributed by atoms with Crippen LogP contribution in [0, 0.1) is 0 Å². The van der Waals surface area contributed by atoms with Gasteiger partial charge in [-0.05, 0) is 6.42 Å². The van der Waals surface area contributed by atoms with Gasteiger partial charge in [-0.25, -0.2) is 18.6 Å². The van der Waals surface area contributed by atoms with Crippen molar-refractivity contribution in [2.24, 2.45) is 0 Å². The van der Waals surface area contributed by atoms with Crippen LogP contribution in [-0.2, 0) is 19.7 Å². The summed E-state index contributed by atoms with van der Waals surface area (Å²) in [5.74, 6) is -0.284. The van der Waals surface area contributed by atoms with E-state index in [2.05, 4.69) is 15.0 Å². The van der Waals surface area contributed by atoms with Gasteiger partial charge in [0.2, 0.25) is 10.0 Å². The Balaban J connectivity index is 2.46. The van der Waals surface area contributed by atoms with Crippen molar-refractivity contribution in [3.05, 3.63) is 0 Å². The van der Waals surface area contributed by atoms with Gasteiger partial charge < -0.3 is 0 Å². The van der Waals surface area contributed by atoms with Crippen molar-refractivity contribution in [1.29, 1.82) is 0 Å². The summed E-state index contributed by atoms with van der Waals surface area (Å²) in [4.78, 5) is 15.5. The third-order valence-corrected chi connectivity index (χ3v) is 3.34. The number of hydrogen-bond acceptors (Lipinski definition) is 4. The molecular weight excluding hydrogens is 232 g/mol. The number of nitrogens with one attached hydrogen (secondary N) is 2. The van der Waals surface area contributed by atoms with Gasteiger partial charge >= 0.3 is 0 Å². The van der Waals surface area contributed by atoms with Gasteiger partial charge in [0.1, 0.15) is 12.6 Å². The van der Waals surface area contributed by atoms with Gasteiger partial charge in [-0.15, -0.1) is 11.6 Å². The van der Waals surface area contributed by atoms with Crippen LogP contribution in [0.1, 0.15) is 6.42 Å². The second-order valence-electron chi connectivity index (χ2n) is 2.81. The zero-order chi connectivity index (χ0) is 10.6. The van der Waals surface area contributed by atoms with Crippen molar-refractivity contribution < 1.29 is 18.0 Å². The number of sulfonamides is 1. The Morgan fingerprint density at radius 1 is 1.64 bits per heavy atom. The summed E-state index contributed by atoms with van der Waals surface area (Å²) < 4.78 is 24.8. The fourth-order valence-electron chi connectivity index (χ4n) is 0.951. The summed E-state index contributed by atoms with van der Waals surface area (Å²) in [7, 11) is -3.44. The summed E-state index contributed by atoms with van der Waals surface area (Å²) in [5, 5.41) is 0. The predicted octanol–water partition coefficient (Wildman–Crippen LogP) is -1.04. The predicted molar refractivity (Wildman–Crippen MR) is 50.1 cm³/mol. The summed E-state index contributed by atoms with van der Waals surface area (Å²) in [5.41, 5.74) is 2.06. The van der Waals surface area contributed by atoms with E-state index in [0.29, 0.717) is 6.42 Å². The molecule has 1 fully saturated rings. The molecule has 0 saturated carbocycles. The minimum absolute atomic E-state index is 0.0128. The normalized spacial score (nSPS) is 22.4. The average Bonchev–Trinajstić information content (AvgIpc) is 2.48. The lowest BCUT2D eigenvalue weighted by molar-refractivity contribution is -0.124. The first-order valence-electron chi connectivity index (χ1n) is 4.03. The fourth-order valence-corrected chi connectivity index (χ4v) is 2.49. The molecule has 1 heterocycles. The Kier molecular flexibility index (Phi) is 4.11. The third-order valence-electron chi connectivity index (χ3n) is 1.61. The van der Waals surface area contributed by atoms with E-state index in [1.165, 1.54) is 0 Å². The van der Waals surface area contributed by atoms with Gasteiger partial charge in [0.05, 0.1) is 5.75 Å². The van der Waals surface area contributed by atoms with Gasteiger partial charge in [-0.3, -0.25) is 9.63 Å². The monoisotopic (exact) mass is 242 g/mol. The lowest BCUT2D eigenvalue weighted by Crippen LogP contribution is -2.42. The van der Waals surface area contributed by atoms with Crippen LogP contribution in [0.2, 0.25) is 0 Å². The number of hydrogen-bond donors (Lipinski definition) is 2. The first-order chi connectivity index (χ1) is 6.55. The zero-order valence-corrected chi connectivity index (χ0v) is 8.90. The lowest BCUT2D eigenvalue weighted by atomic mass is 10.3. The van der Waals surface area contributed by atoms with E-state index in [0.717, 1.165) is 0 Å². The van der Waals surface area contributed by atoms with Crippen LogP contribution in [0.4, 0.5) is 0 Å². The van der Waals surface area contributed by atoms with E-state index < -0.39 is 22.0 Å². The molecule has 0 aromatic carbocycles. The molecule has 1 saturated heterocycles. The van der Waals surface area contributed by atoms with E-state index in [4.69, 9.17) is 11.6 Å². The van der Waals surface area contributed by atoms with Gasteiger partial charge in [-0.2, -0.15) is 0 Å². The summed E-state index contributed by atoms with van der Waals surface area (Å²) in [6.07, 6.45) is 0.353. The minimum Gasteiger partial charge on any atom is -0.271 e. The van der Waals surface area contributed by atoms with E-state index in [9.17, 15) is 13.2 Å². The molecule has 2 N–H and O–H groups in total. The molecule has 14 heavy (non-hydrogen) atoms. The van der Waals surface area contributed by atoms with Crippen molar-refractivity contribution in [2.75, 3.05) is 18.2 Å². The molecular formula is C6H11ClN2O4S. The first-order valence-corrected chi connectivity index (χ1v) is 6.21. The van der Waals surface area contributed by atoms with Crippen molar-refractivity contribution in [3.8, 4) is 0 Å². The van der Waals surface area contributed by atoms with Crippen molar-refractivity contribution in [1.82, 2.24) is 10.2 Å². The highest BCUT2D eigenvalue weighted by atomic mass is 35.5. The maximum atomic E-state index is 11.3. The number of alkyl halides is 1. The Labute approximate surface area is 87.0 Å². The fraction of sp³-hybridized carbons (Fsp3) is 0.833. The summed E-state index contributed by atoms with van der Waals surface area (Å²) in [6.45, 7) is 0.0128. The second-order valence-corrected chi connectivity index (χ2v) is 5.06. The average molecular weight is 243 g/mol. The maximum Gasteiger partial charge on any atom is 0.264 e. The number of rotatable bonds is 5. The van der Waals surface area contributed by atoms with Crippen LogP contribution < -0.4 is 10.2 Å². The highest BCUT2D eigenvalue weighted by molar-refractivity contribution is 7.89. The summed E-state index contributed by atoms with van der Waals surface area (Å²) in [6, 6.07) is -0.824. The van der Waals surface area contributed by atoms with Crippen LogP contribution in [0.3, 0.4) is 0 Å². The number of carbonyl (C=O) groups excluding carboxylic acids is 1. The van der Waals surface area contributed by atoms with Gasteiger partial charge in [-0.1, -0.05) is 0 Å². The summed E-state index contributed by atoms with van der Waals surface area (Å²) >= 11 is 5.36. The zero-order valence-electron chi connectivity index (χ0n) is 7.32. The molecule has 0 aromatic heterocycles. The first kappa shape index (κ1) is 11.7. The molecule has 8 heteroatoms. The van der Waals surface area contributed by atoms with Crippen molar-refractivity contribution >= 4 is 27.5 Å². The number of amides is 1. The molecule has 0 radical (unpaired) electrons. The topological polar surface area (TPSA) is 84.5 Å². The molecule has 0 unspecified atom stereocenters. The Hall–Kier alpha value is -0.370. The van der Waals surface area contributed by atoms with Crippen LogP contribution in [-0.4, -0.2) is 38.6 Å². The lowest BCUT2D eigenvalue weighted by Gasteiger charge is -2.08. The quantitative estimate of drug-likeness (QED) is 0.604. The Bertz CT molecular complexity index is 305. The Morgan fingerprint density at radius 2 is 2.36 bits per heavy atom. The maximum absolute atomic E-state index is 11.3. The molecule has 1 rings (SSSR count). The minimum atomic E-state index is -3.44. The molecule has 0 aliphatic carbocycles. The van der Waals surface area contributed by atoms with Gasteiger partial charge in [0, 0.05) is 5.88 Å². The number of carbonyl (C=O) groups is 1. The van der Waals surface area contributed by atoms with E-state index in [1.54, 1.807) is 0 Å². The van der Waals surface area contributed by atoms with E-state index >= 15 is 0 Å². The van der Waals surface area contributed by atoms with Crippen LogP contribution >= 0.6 is 11.6 Å². The third kappa shape index (κ3) is 3.41. The van der Waals surface area contributed by atoms with Crippen molar-refractivity contribution in [2.45, 2.75) is 12.5 Å². The van der Waals surface area contributed by atoms with E-state index in [-0.39, 0.29) is 18.2 Å². The number of hydroxylamine groups is 1. The largest absolute Gasteiger partial charge is 0.271 e. The highest BCUT2D eigenvalue weighted by Crippen LogP contribution is 1.99. The van der Waals surface area contributed by atoms with E-state index in [1.807, 2.05) is 0 Å². The molecule has 6 nitrogen and oxygen atoms in total. The van der Waals surface area contributed by atoms with Gasteiger partial charge in [0.25, 0.3) is 5.91 Å². The number of halogens is 1. The molecule has 1 atom stereocenters. The molecule has 1 aliphatic heterocycles.